The van der Waals surface area contributed by atoms with Gasteiger partial charge in [0.05, 0.1) is 5.69 Å². The lowest BCUT2D eigenvalue weighted by Crippen LogP contribution is -2.24. The molecular formula is C9H11BrN2O2S. The van der Waals surface area contributed by atoms with Gasteiger partial charge in [-0.2, -0.15) is 0 Å². The molecule has 15 heavy (non-hydrogen) atoms. The molecule has 4 nitrogen and oxygen atoms in total. The molecule has 0 aromatic heterocycles. The minimum absolute atomic E-state index is 0.0683. The van der Waals surface area contributed by atoms with Crippen LogP contribution in [0.5, 0.6) is 0 Å². The highest BCUT2D eigenvalue weighted by Crippen LogP contribution is 2.22. The second-order valence-corrected chi connectivity index (χ2v) is 5.47. The Morgan fingerprint density at radius 2 is 2.20 bits per heavy atom. The van der Waals surface area contributed by atoms with E-state index in [4.69, 9.17) is 5.73 Å². The normalized spacial score (nSPS) is 11.3. The second kappa shape index (κ2) is 4.78. The molecule has 0 radical (unpaired) electrons. The van der Waals surface area contributed by atoms with Gasteiger partial charge >= 0.3 is 0 Å². The van der Waals surface area contributed by atoms with E-state index in [0.29, 0.717) is 4.47 Å². The van der Waals surface area contributed by atoms with Crippen molar-refractivity contribution in [3.8, 4) is 0 Å². The summed E-state index contributed by atoms with van der Waals surface area (Å²) in [5.41, 5.74) is 5.80. The van der Waals surface area contributed by atoms with Gasteiger partial charge in [0.25, 0.3) is 0 Å². The first-order chi connectivity index (χ1) is 6.97. The molecule has 0 atom stereocenters. The molecule has 0 amide bonds. The molecular weight excluding hydrogens is 280 g/mol. The highest BCUT2D eigenvalue weighted by molar-refractivity contribution is 9.10. The maximum absolute atomic E-state index is 11.7. The summed E-state index contributed by atoms with van der Waals surface area (Å²) in [6, 6.07) is 4.68. The first-order valence-corrected chi connectivity index (χ1v) is 6.40. The third-order valence-corrected chi connectivity index (χ3v) is 3.66. The van der Waals surface area contributed by atoms with Gasteiger partial charge in [-0.05, 0) is 18.2 Å². The number of rotatable bonds is 4. The van der Waals surface area contributed by atoms with Crippen LogP contribution in [0.15, 0.2) is 40.2 Å². The Balaban J connectivity index is 3.14. The summed E-state index contributed by atoms with van der Waals surface area (Å²) in [6.45, 7) is 3.60. The summed E-state index contributed by atoms with van der Waals surface area (Å²) in [4.78, 5) is 0.0683. The third kappa shape index (κ3) is 3.05. The van der Waals surface area contributed by atoms with Gasteiger partial charge in [-0.1, -0.05) is 22.0 Å². The lowest BCUT2D eigenvalue weighted by Gasteiger charge is -2.07. The van der Waals surface area contributed by atoms with Crippen molar-refractivity contribution in [3.05, 3.63) is 35.3 Å². The quantitative estimate of drug-likeness (QED) is 0.652. The first kappa shape index (κ1) is 12.2. The van der Waals surface area contributed by atoms with Crippen LogP contribution < -0.4 is 10.5 Å². The SMILES string of the molecule is C=CCNS(=O)(=O)c1cc(Br)ccc1N. The number of anilines is 1. The summed E-state index contributed by atoms with van der Waals surface area (Å²) in [7, 11) is -3.55. The first-order valence-electron chi connectivity index (χ1n) is 4.13. The molecule has 1 aromatic rings. The predicted molar refractivity (Wildman–Crippen MR) is 63.9 cm³/mol. The van der Waals surface area contributed by atoms with Gasteiger partial charge in [0.1, 0.15) is 4.90 Å². The third-order valence-electron chi connectivity index (χ3n) is 1.68. The van der Waals surface area contributed by atoms with E-state index >= 15 is 0 Å². The highest BCUT2D eigenvalue weighted by atomic mass is 79.9. The molecule has 0 bridgehead atoms. The van der Waals surface area contributed by atoms with Crippen molar-refractivity contribution in [3.63, 3.8) is 0 Å². The van der Waals surface area contributed by atoms with Gasteiger partial charge in [0.15, 0.2) is 0 Å². The zero-order valence-electron chi connectivity index (χ0n) is 7.90. The molecule has 0 unspecified atom stereocenters. The molecule has 6 heteroatoms. The van der Waals surface area contributed by atoms with Crippen LogP contribution >= 0.6 is 15.9 Å². The van der Waals surface area contributed by atoms with Crippen molar-refractivity contribution in [2.75, 3.05) is 12.3 Å². The Bertz CT molecular complexity index is 471. The van der Waals surface area contributed by atoms with Gasteiger partial charge in [0, 0.05) is 11.0 Å². The smallest absolute Gasteiger partial charge is 0.242 e. The molecule has 1 rings (SSSR count). The Labute approximate surface area is 97.4 Å². The van der Waals surface area contributed by atoms with Crippen LogP contribution in [0.4, 0.5) is 5.69 Å². The van der Waals surface area contributed by atoms with E-state index < -0.39 is 10.0 Å². The minimum Gasteiger partial charge on any atom is -0.398 e. The molecule has 0 spiro atoms. The van der Waals surface area contributed by atoms with Crippen molar-refractivity contribution in [2.24, 2.45) is 0 Å². The fraction of sp³-hybridized carbons (Fsp3) is 0.111. The molecule has 3 N–H and O–H groups in total. The standard InChI is InChI=1S/C9H11BrN2O2S/c1-2-5-12-15(13,14)9-6-7(10)3-4-8(9)11/h2-4,6,12H,1,5,11H2. The lowest BCUT2D eigenvalue weighted by molar-refractivity contribution is 0.586. The average molecular weight is 291 g/mol. The van der Waals surface area contributed by atoms with Gasteiger partial charge in [-0.25, -0.2) is 13.1 Å². The van der Waals surface area contributed by atoms with E-state index in [2.05, 4.69) is 27.2 Å². The maximum Gasteiger partial charge on any atom is 0.242 e. The van der Waals surface area contributed by atoms with E-state index in [-0.39, 0.29) is 17.1 Å². The van der Waals surface area contributed by atoms with Crippen LogP contribution in [0.2, 0.25) is 0 Å². The number of hydrogen-bond acceptors (Lipinski definition) is 3. The number of nitrogens with one attached hydrogen (secondary N) is 1. The van der Waals surface area contributed by atoms with Crippen LogP contribution in [-0.4, -0.2) is 15.0 Å². The number of halogens is 1. The molecule has 0 heterocycles. The van der Waals surface area contributed by atoms with E-state index in [1.807, 2.05) is 0 Å². The highest BCUT2D eigenvalue weighted by Gasteiger charge is 2.16. The largest absolute Gasteiger partial charge is 0.398 e. The number of nitrogens with two attached hydrogens (primary N) is 1. The fourth-order valence-electron chi connectivity index (χ4n) is 0.987. The summed E-state index contributed by atoms with van der Waals surface area (Å²) in [5, 5.41) is 0. The fourth-order valence-corrected chi connectivity index (χ4v) is 2.65. The summed E-state index contributed by atoms with van der Waals surface area (Å²) in [6.07, 6.45) is 1.46. The number of benzene rings is 1. The topological polar surface area (TPSA) is 72.2 Å². The summed E-state index contributed by atoms with van der Waals surface area (Å²) < 4.78 is 26.4. The maximum atomic E-state index is 11.7. The Kier molecular flexibility index (Phi) is 3.90. The minimum atomic E-state index is -3.55. The molecule has 0 saturated heterocycles. The van der Waals surface area contributed by atoms with Crippen molar-refractivity contribution >= 4 is 31.6 Å². The Hall–Kier alpha value is -0.850. The molecule has 0 aliphatic heterocycles. The molecule has 0 aliphatic carbocycles. The Morgan fingerprint density at radius 1 is 1.53 bits per heavy atom. The average Bonchev–Trinajstić information content (AvgIpc) is 2.18. The Morgan fingerprint density at radius 3 is 2.80 bits per heavy atom. The second-order valence-electron chi connectivity index (χ2n) is 2.82. The summed E-state index contributed by atoms with van der Waals surface area (Å²) in [5.74, 6) is 0. The molecule has 0 fully saturated rings. The summed E-state index contributed by atoms with van der Waals surface area (Å²) >= 11 is 3.19. The van der Waals surface area contributed by atoms with Gasteiger partial charge < -0.3 is 5.73 Å². The van der Waals surface area contributed by atoms with Gasteiger partial charge in [0.2, 0.25) is 10.0 Å². The zero-order valence-corrected chi connectivity index (χ0v) is 10.3. The van der Waals surface area contributed by atoms with Gasteiger partial charge in [-0.3, -0.25) is 0 Å². The molecule has 1 aromatic carbocycles. The van der Waals surface area contributed by atoms with E-state index in [9.17, 15) is 8.42 Å². The van der Waals surface area contributed by atoms with Crippen LogP contribution in [0.3, 0.4) is 0 Å². The van der Waals surface area contributed by atoms with Crippen LogP contribution in [0, 0.1) is 0 Å². The molecule has 0 saturated carbocycles. The van der Waals surface area contributed by atoms with Crippen LogP contribution in [0.1, 0.15) is 0 Å². The van der Waals surface area contributed by atoms with E-state index in [1.54, 1.807) is 6.07 Å². The number of nitrogen functional groups attached to an aromatic ring is 1. The van der Waals surface area contributed by atoms with Gasteiger partial charge in [-0.15, -0.1) is 6.58 Å². The monoisotopic (exact) mass is 290 g/mol. The lowest BCUT2D eigenvalue weighted by atomic mass is 10.3. The number of hydrogen-bond donors (Lipinski definition) is 2. The van der Waals surface area contributed by atoms with E-state index in [0.717, 1.165) is 0 Å². The van der Waals surface area contributed by atoms with Crippen molar-refractivity contribution in [1.29, 1.82) is 0 Å². The van der Waals surface area contributed by atoms with Crippen molar-refractivity contribution in [2.45, 2.75) is 4.90 Å². The van der Waals surface area contributed by atoms with Crippen LogP contribution in [-0.2, 0) is 10.0 Å². The number of sulfonamides is 1. The zero-order chi connectivity index (χ0) is 11.5. The van der Waals surface area contributed by atoms with Crippen LogP contribution in [0.25, 0.3) is 0 Å². The predicted octanol–water partition coefficient (Wildman–Crippen LogP) is 1.50. The molecule has 82 valence electrons. The van der Waals surface area contributed by atoms with Crippen molar-refractivity contribution < 1.29 is 8.42 Å². The molecule has 0 aliphatic rings. The van der Waals surface area contributed by atoms with E-state index in [1.165, 1.54) is 18.2 Å². The van der Waals surface area contributed by atoms with Crippen molar-refractivity contribution in [1.82, 2.24) is 4.72 Å².